The number of hydrogen-bond acceptors (Lipinski definition) is 31. The first-order valence-corrected chi connectivity index (χ1v) is 38.5. The smallest absolute Gasteiger partial charge is 0.267 e. The van der Waals surface area contributed by atoms with Crippen LogP contribution in [0.4, 0.5) is 0 Å². The molecule has 0 aliphatic heterocycles. The molecule has 0 aromatic heterocycles. The number of unbranched alkanes of at least 4 members (excludes halogenated alkanes) is 47. The molecule has 0 amide bonds. The fourth-order valence-electron chi connectivity index (χ4n) is 9.95. The summed E-state index contributed by atoms with van der Waals surface area (Å²) in [4.78, 5) is 32.7. The Hall–Kier alpha value is -1.12. The van der Waals surface area contributed by atoms with Gasteiger partial charge in [-0.05, 0) is 85.4 Å². The zero-order valence-electron chi connectivity index (χ0n) is 58.5. The SMILES string of the molecule is CC(C)(C)/C=C\OOOOOOOOOOOOOOOOOOOOOOOOCCOP(=O)([O-])OCCCCCCCCCCCCCCCCCCCCCCCCCCCCCCCCCCCCCCCCCCCCCCCCCCP(=O)([O-])OC(C)(C)C. The van der Waals surface area contributed by atoms with Crippen molar-refractivity contribution < 1.29 is 153 Å². The molecule has 0 bridgehead atoms. The van der Waals surface area contributed by atoms with Crippen molar-refractivity contribution in [2.24, 2.45) is 5.41 Å². The quantitative estimate of drug-likeness (QED) is 0.0179. The van der Waals surface area contributed by atoms with Crippen LogP contribution in [0.2, 0.25) is 0 Å². The lowest BCUT2D eigenvalue weighted by Gasteiger charge is -2.31. The maximum absolute atomic E-state index is 12.0. The Labute approximate surface area is 565 Å². The lowest BCUT2D eigenvalue weighted by Crippen LogP contribution is -2.22. The number of rotatable bonds is 81. The molecule has 0 aromatic carbocycles. The summed E-state index contributed by atoms with van der Waals surface area (Å²) in [5.74, 6) is 0. The molecule has 0 spiro atoms. The molecule has 0 aliphatic rings. The van der Waals surface area contributed by atoms with E-state index in [-0.39, 0.29) is 18.2 Å². The molecule has 0 saturated carbocycles. The van der Waals surface area contributed by atoms with Crippen LogP contribution in [0, 0.1) is 5.41 Å². The topological polar surface area (TPSA) is 329 Å². The molecule has 0 aromatic rings. The van der Waals surface area contributed by atoms with E-state index in [4.69, 9.17) is 9.05 Å². The van der Waals surface area contributed by atoms with E-state index < -0.39 is 34.2 Å². The van der Waals surface area contributed by atoms with Crippen LogP contribution < -0.4 is 9.79 Å². The van der Waals surface area contributed by atoms with Gasteiger partial charge in [-0.2, -0.15) is 0 Å². The van der Waals surface area contributed by atoms with E-state index in [1.165, 1.54) is 270 Å². The minimum absolute atomic E-state index is 0.0161. The van der Waals surface area contributed by atoms with Gasteiger partial charge in [0, 0.05) is 76.7 Å². The molecule has 95 heavy (non-hydrogen) atoms. The van der Waals surface area contributed by atoms with Gasteiger partial charge in [0.05, 0.1) is 18.8 Å². The zero-order chi connectivity index (χ0) is 69.3. The Morgan fingerprint density at radius 1 is 0.263 bits per heavy atom. The van der Waals surface area contributed by atoms with Crippen molar-refractivity contribution in [1.82, 2.24) is 0 Å². The van der Waals surface area contributed by atoms with Crippen LogP contribution in [-0.2, 0) is 143 Å². The van der Waals surface area contributed by atoms with Crippen molar-refractivity contribution in [2.75, 3.05) is 26.0 Å². The summed E-state index contributed by atoms with van der Waals surface area (Å²) in [6.45, 7) is 10.2. The minimum Gasteiger partial charge on any atom is -0.778 e. The minimum atomic E-state index is -4.54. The van der Waals surface area contributed by atoms with Crippen molar-refractivity contribution in [3.63, 3.8) is 0 Å². The van der Waals surface area contributed by atoms with Gasteiger partial charge in [0.25, 0.3) is 7.82 Å². The molecule has 0 aliphatic carbocycles. The summed E-state index contributed by atoms with van der Waals surface area (Å²) in [6, 6.07) is 0. The first-order valence-electron chi connectivity index (χ1n) is 35.4. The number of phosphoric ester groups is 1. The monoisotopic (exact) mass is 1430 g/mol. The van der Waals surface area contributed by atoms with E-state index in [0.717, 1.165) is 32.1 Å². The van der Waals surface area contributed by atoms with E-state index in [9.17, 15) is 18.9 Å². The Morgan fingerprint density at radius 2 is 0.474 bits per heavy atom. The second kappa shape index (κ2) is 72.7. The third-order valence-electron chi connectivity index (χ3n) is 14.7. The second-order valence-electron chi connectivity index (χ2n) is 25.7. The van der Waals surface area contributed by atoms with Gasteiger partial charge in [0.15, 0.2) is 0 Å². The van der Waals surface area contributed by atoms with E-state index in [1.807, 2.05) is 20.8 Å². The Kier molecular flexibility index (Phi) is 71.8. The van der Waals surface area contributed by atoms with Crippen LogP contribution >= 0.6 is 15.4 Å². The largest absolute Gasteiger partial charge is 0.778 e. The first-order chi connectivity index (χ1) is 46.1. The van der Waals surface area contributed by atoms with Crippen LogP contribution in [0.1, 0.15) is 350 Å². The van der Waals surface area contributed by atoms with Crippen molar-refractivity contribution in [3.8, 4) is 0 Å². The number of phosphoric acid groups is 1. The normalized spacial score (nSPS) is 13.6. The van der Waals surface area contributed by atoms with Crippen LogP contribution in [0.25, 0.3) is 0 Å². The van der Waals surface area contributed by atoms with E-state index in [0.29, 0.717) is 12.8 Å². The molecule has 0 radical (unpaired) electrons. The van der Waals surface area contributed by atoms with Gasteiger partial charge < -0.3 is 32.8 Å². The molecule has 33 heteroatoms. The highest BCUT2D eigenvalue weighted by Crippen LogP contribution is 2.43. The Morgan fingerprint density at radius 3 is 0.716 bits per heavy atom. The van der Waals surface area contributed by atoms with Crippen molar-refractivity contribution in [1.29, 1.82) is 0 Å². The van der Waals surface area contributed by atoms with E-state index >= 15 is 0 Å². The van der Waals surface area contributed by atoms with Crippen LogP contribution in [0.3, 0.4) is 0 Å². The van der Waals surface area contributed by atoms with E-state index in [2.05, 4.69) is 125 Å². The van der Waals surface area contributed by atoms with Crippen molar-refractivity contribution in [3.05, 3.63) is 12.3 Å². The lowest BCUT2D eigenvalue weighted by molar-refractivity contribution is -0.899. The summed E-state index contributed by atoms with van der Waals surface area (Å²) < 4.78 is 38.6. The van der Waals surface area contributed by atoms with Gasteiger partial charge >= 0.3 is 0 Å². The Balaban J connectivity index is 3.22. The van der Waals surface area contributed by atoms with Gasteiger partial charge in [-0.1, -0.05) is 316 Å². The maximum atomic E-state index is 12.0. The predicted octanol–water partition coefficient (Wildman–Crippen LogP) is 19.6. The van der Waals surface area contributed by atoms with Gasteiger partial charge in [-0.3, -0.25) is 4.57 Å². The standard InChI is InChI=1S/C62H126O31P2/c1-61(2,3)55-57-67-72-74-76-78-80-82-84-86-88-90-92-93-91-89-87-85-83-81-79-77-75-73-68-58-59-70-95(65,66)69-56-53-51-49-47-45-43-41-39-37-35-33-31-29-27-25-23-21-19-17-15-13-11-9-7-8-10-12-14-16-18-20-22-24-26-28-30-32-34-36-38-40-42-44-46-48-50-52-54-60-94(63,64)71-62(4,5)6/h55,57H,7-54,56,58-60H2,1-6H3,(H,63,64)(H,65,66)/p-2/b57-55-. The molecule has 570 valence electrons. The van der Waals surface area contributed by atoms with Crippen LogP contribution in [-0.4, -0.2) is 31.6 Å². The van der Waals surface area contributed by atoms with Crippen molar-refractivity contribution >= 4 is 15.4 Å². The number of hydrogen-bond donors (Lipinski definition) is 0. The predicted molar refractivity (Wildman–Crippen MR) is 334 cm³/mol. The zero-order valence-corrected chi connectivity index (χ0v) is 60.3. The third kappa shape index (κ3) is 85.2. The first kappa shape index (κ1) is 93.9. The average Bonchev–Trinajstić information content (AvgIpc) is 1.69. The molecule has 0 saturated heterocycles. The molecule has 2 atom stereocenters. The molecule has 0 rings (SSSR count). The molecule has 31 nitrogen and oxygen atoms in total. The molecular weight excluding hydrogens is 1300 g/mol. The maximum Gasteiger partial charge on any atom is 0.267 e. The van der Waals surface area contributed by atoms with Gasteiger partial charge in [-0.25, -0.2) is 4.89 Å². The van der Waals surface area contributed by atoms with Crippen molar-refractivity contribution in [2.45, 2.75) is 355 Å². The highest BCUT2D eigenvalue weighted by Gasteiger charge is 2.19. The lowest BCUT2D eigenvalue weighted by atomic mass is 9.97. The van der Waals surface area contributed by atoms with Gasteiger partial charge in [0.2, 0.25) is 0 Å². The fraction of sp³-hybridized carbons (Fsp3) is 0.968. The molecule has 0 N–H and O–H groups in total. The highest BCUT2D eigenvalue weighted by atomic mass is 31.2. The van der Waals surface area contributed by atoms with Gasteiger partial charge in [0.1, 0.15) is 20.5 Å². The summed E-state index contributed by atoms with van der Waals surface area (Å²) >= 11 is 0. The fourth-order valence-corrected chi connectivity index (χ4v) is 12.2. The Bertz CT molecular complexity index is 1660. The molecule has 0 heterocycles. The summed E-state index contributed by atoms with van der Waals surface area (Å²) in [5.41, 5.74) is -0.791. The number of allylic oxidation sites excluding steroid dienone is 1. The molecule has 2 unspecified atom stereocenters. The van der Waals surface area contributed by atoms with Crippen LogP contribution in [0.15, 0.2) is 12.3 Å². The second-order valence-corrected chi connectivity index (χ2v) is 29.0. The highest BCUT2D eigenvalue weighted by molar-refractivity contribution is 7.51. The van der Waals surface area contributed by atoms with E-state index in [1.54, 1.807) is 26.8 Å². The molecule has 0 fully saturated rings. The van der Waals surface area contributed by atoms with Crippen LogP contribution in [0.5, 0.6) is 0 Å². The van der Waals surface area contributed by atoms with Gasteiger partial charge in [-0.15, -0.1) is 0 Å². The third-order valence-corrected chi connectivity index (χ3v) is 17.4. The summed E-state index contributed by atoms with van der Waals surface area (Å²) in [7, 11) is -8.23. The summed E-state index contributed by atoms with van der Waals surface area (Å²) in [6.07, 6.45) is 66.1. The summed E-state index contributed by atoms with van der Waals surface area (Å²) in [5, 5.41) is 81.9. The molecular formula is C62H124O31P2-2. The average molecular weight is 1430 g/mol.